The van der Waals surface area contributed by atoms with E-state index >= 15 is 0 Å². The fourth-order valence-corrected chi connectivity index (χ4v) is 6.59. The maximum atomic E-state index is 14.3. The number of anilines is 1. The molecule has 0 bridgehead atoms. The first-order valence-corrected chi connectivity index (χ1v) is 15.8. The molecule has 0 saturated carbocycles. The molecule has 0 radical (unpaired) electrons. The average Bonchev–Trinajstić information content (AvgIpc) is 2.99. The molecule has 0 aromatic heterocycles. The Hall–Kier alpha value is -3.66. The van der Waals surface area contributed by atoms with Crippen LogP contribution >= 0.6 is 27.5 Å². The van der Waals surface area contributed by atoms with Crippen molar-refractivity contribution in [2.75, 3.05) is 17.9 Å². The third-order valence-electron chi connectivity index (χ3n) is 6.81. The van der Waals surface area contributed by atoms with Crippen LogP contribution < -0.4 is 9.62 Å². The zero-order valence-corrected chi connectivity index (χ0v) is 26.4. The van der Waals surface area contributed by atoms with Crippen molar-refractivity contribution in [3.05, 3.63) is 129 Å². The van der Waals surface area contributed by atoms with Crippen LogP contribution in [0.25, 0.3) is 0 Å². The molecule has 2 amide bonds. The smallest absolute Gasteiger partial charge is 0.264 e. The van der Waals surface area contributed by atoms with Crippen LogP contribution in [0, 0.1) is 6.92 Å². The van der Waals surface area contributed by atoms with Gasteiger partial charge in [0.05, 0.1) is 10.6 Å². The molecule has 1 unspecified atom stereocenters. The third kappa shape index (κ3) is 7.59. The first-order valence-electron chi connectivity index (χ1n) is 13.2. The van der Waals surface area contributed by atoms with Crippen molar-refractivity contribution in [2.24, 2.45) is 0 Å². The van der Waals surface area contributed by atoms with Crippen LogP contribution in [0.1, 0.15) is 16.7 Å². The monoisotopic (exact) mass is 667 g/mol. The molecule has 10 heteroatoms. The summed E-state index contributed by atoms with van der Waals surface area (Å²) in [6.45, 7) is 1.34. The van der Waals surface area contributed by atoms with E-state index < -0.39 is 28.5 Å². The molecular weight excluding hydrogens is 638 g/mol. The van der Waals surface area contributed by atoms with Gasteiger partial charge in [0.25, 0.3) is 10.0 Å². The number of nitrogens with zero attached hydrogens (tertiary/aromatic N) is 2. The Morgan fingerprint density at radius 1 is 0.881 bits per heavy atom. The number of halogens is 2. The first-order chi connectivity index (χ1) is 20.1. The quantitative estimate of drug-likeness (QED) is 0.213. The lowest BCUT2D eigenvalue weighted by Gasteiger charge is -2.33. The Balaban J connectivity index is 1.80. The van der Waals surface area contributed by atoms with Gasteiger partial charge in [-0.25, -0.2) is 8.42 Å². The number of amides is 2. The van der Waals surface area contributed by atoms with Gasteiger partial charge in [0, 0.05) is 29.5 Å². The van der Waals surface area contributed by atoms with Crippen LogP contribution in [0.2, 0.25) is 5.02 Å². The number of benzene rings is 4. The van der Waals surface area contributed by atoms with E-state index in [1.165, 1.54) is 30.1 Å². The molecule has 218 valence electrons. The van der Waals surface area contributed by atoms with Gasteiger partial charge < -0.3 is 10.2 Å². The van der Waals surface area contributed by atoms with Crippen molar-refractivity contribution in [3.63, 3.8) is 0 Å². The summed E-state index contributed by atoms with van der Waals surface area (Å²) >= 11 is 9.88. The summed E-state index contributed by atoms with van der Waals surface area (Å²) in [5.74, 6) is -0.909. The van der Waals surface area contributed by atoms with Crippen molar-refractivity contribution in [2.45, 2.75) is 30.8 Å². The van der Waals surface area contributed by atoms with Crippen LogP contribution in [-0.2, 0) is 32.6 Å². The molecule has 0 aliphatic heterocycles. The summed E-state index contributed by atoms with van der Waals surface area (Å²) in [4.78, 5) is 29.1. The number of hydrogen-bond acceptors (Lipinski definition) is 4. The number of nitrogens with one attached hydrogen (secondary N) is 1. The van der Waals surface area contributed by atoms with Gasteiger partial charge in [-0.2, -0.15) is 0 Å². The highest BCUT2D eigenvalue weighted by Gasteiger charge is 2.34. The predicted molar refractivity (Wildman–Crippen MR) is 170 cm³/mol. The third-order valence-corrected chi connectivity index (χ3v) is 9.50. The Labute approximate surface area is 260 Å². The van der Waals surface area contributed by atoms with Crippen LogP contribution in [0.15, 0.2) is 112 Å². The molecule has 0 saturated heterocycles. The highest BCUT2D eigenvalue weighted by molar-refractivity contribution is 9.10. The summed E-state index contributed by atoms with van der Waals surface area (Å²) in [6.07, 6.45) is 0.238. The van der Waals surface area contributed by atoms with Crippen LogP contribution in [-0.4, -0.2) is 44.8 Å². The topological polar surface area (TPSA) is 86.8 Å². The molecule has 0 fully saturated rings. The predicted octanol–water partition coefficient (Wildman–Crippen LogP) is 5.99. The van der Waals surface area contributed by atoms with E-state index in [0.29, 0.717) is 5.02 Å². The number of carbonyl (C=O) groups is 2. The Kier molecular flexibility index (Phi) is 10.4. The second-order valence-corrected chi connectivity index (χ2v) is 12.9. The number of carbonyl (C=O) groups excluding carboxylic acids is 2. The Bertz CT molecular complexity index is 1650. The fraction of sp³-hybridized carbons (Fsp3) is 0.188. The van der Waals surface area contributed by atoms with Crippen LogP contribution in [0.4, 0.5) is 5.69 Å². The maximum absolute atomic E-state index is 14.3. The molecule has 0 heterocycles. The van der Waals surface area contributed by atoms with Crippen molar-refractivity contribution in [3.8, 4) is 0 Å². The number of sulfonamides is 1. The molecule has 7 nitrogen and oxygen atoms in total. The highest BCUT2D eigenvalue weighted by Crippen LogP contribution is 2.29. The van der Waals surface area contributed by atoms with E-state index in [9.17, 15) is 18.0 Å². The normalized spacial score (nSPS) is 11.9. The summed E-state index contributed by atoms with van der Waals surface area (Å²) < 4.78 is 29.8. The van der Waals surface area contributed by atoms with Crippen LogP contribution in [0.3, 0.4) is 0 Å². The summed E-state index contributed by atoms with van der Waals surface area (Å²) in [5.41, 5.74) is 2.64. The molecule has 0 aliphatic rings. The van der Waals surface area contributed by atoms with E-state index in [1.807, 2.05) is 61.5 Å². The Morgan fingerprint density at radius 3 is 2.14 bits per heavy atom. The van der Waals surface area contributed by atoms with Gasteiger partial charge in [-0.1, -0.05) is 94.3 Å². The van der Waals surface area contributed by atoms with E-state index in [2.05, 4.69) is 21.2 Å². The number of hydrogen-bond donors (Lipinski definition) is 1. The summed E-state index contributed by atoms with van der Waals surface area (Å²) in [6, 6.07) is 28.7. The van der Waals surface area contributed by atoms with Gasteiger partial charge in [0.1, 0.15) is 12.6 Å². The van der Waals surface area contributed by atoms with Gasteiger partial charge in [0.2, 0.25) is 11.8 Å². The SMILES string of the molecule is CNC(=O)C(Cc1ccccc1)N(Cc1cccc(Br)c1)C(=O)CN(c1ccc(C)c(Cl)c1)S(=O)(=O)c1ccccc1. The molecule has 0 spiro atoms. The standard InChI is InChI=1S/C32H31BrClN3O4S/c1-23-16-17-27(20-29(23)34)37(42(40,41)28-14-7-4-8-15-28)22-31(38)36(21-25-12-9-13-26(33)18-25)30(32(39)35-2)19-24-10-5-3-6-11-24/h3-18,20,30H,19,21-22H2,1-2H3,(H,35,39). The van der Waals surface area contributed by atoms with E-state index in [1.54, 1.807) is 30.3 Å². The van der Waals surface area contributed by atoms with Crippen molar-refractivity contribution in [1.29, 1.82) is 0 Å². The van der Waals surface area contributed by atoms with Crippen molar-refractivity contribution in [1.82, 2.24) is 10.2 Å². The van der Waals surface area contributed by atoms with E-state index in [-0.39, 0.29) is 29.5 Å². The molecule has 1 N–H and O–H groups in total. The van der Waals surface area contributed by atoms with E-state index in [4.69, 9.17) is 11.6 Å². The largest absolute Gasteiger partial charge is 0.357 e. The molecule has 4 aromatic carbocycles. The van der Waals surface area contributed by atoms with Crippen molar-refractivity contribution < 1.29 is 18.0 Å². The molecule has 1 atom stereocenters. The van der Waals surface area contributed by atoms with Crippen molar-refractivity contribution >= 4 is 55.1 Å². The van der Waals surface area contributed by atoms with Gasteiger partial charge in [0.15, 0.2) is 0 Å². The molecule has 4 rings (SSSR count). The molecule has 42 heavy (non-hydrogen) atoms. The lowest BCUT2D eigenvalue weighted by molar-refractivity contribution is -0.139. The number of rotatable bonds is 11. The van der Waals surface area contributed by atoms with Crippen LogP contribution in [0.5, 0.6) is 0 Å². The molecule has 0 aliphatic carbocycles. The first kappa shape index (κ1) is 31.3. The number of aryl methyl sites for hydroxylation is 1. The lowest BCUT2D eigenvalue weighted by atomic mass is 10.0. The minimum atomic E-state index is -4.18. The second-order valence-electron chi connectivity index (χ2n) is 9.73. The van der Waals surface area contributed by atoms with E-state index in [0.717, 1.165) is 25.5 Å². The fourth-order valence-electron chi connectivity index (χ4n) is 4.54. The summed E-state index contributed by atoms with van der Waals surface area (Å²) in [7, 11) is -2.67. The number of likely N-dealkylation sites (N-methyl/N-ethyl adjacent to an activating group) is 1. The van der Waals surface area contributed by atoms with Gasteiger partial charge in [-0.15, -0.1) is 0 Å². The minimum absolute atomic E-state index is 0.0279. The lowest BCUT2D eigenvalue weighted by Crippen LogP contribution is -2.53. The maximum Gasteiger partial charge on any atom is 0.264 e. The van der Waals surface area contributed by atoms with Gasteiger partial charge >= 0.3 is 0 Å². The summed E-state index contributed by atoms with van der Waals surface area (Å²) in [5, 5.41) is 3.05. The average molecular weight is 669 g/mol. The zero-order chi connectivity index (χ0) is 30.3. The van der Waals surface area contributed by atoms with Gasteiger partial charge in [-0.05, 0) is 60.0 Å². The molecular formula is C32H31BrClN3O4S. The Morgan fingerprint density at radius 2 is 1.52 bits per heavy atom. The zero-order valence-electron chi connectivity index (χ0n) is 23.2. The van der Waals surface area contributed by atoms with Gasteiger partial charge in [-0.3, -0.25) is 13.9 Å². The molecule has 4 aromatic rings. The highest BCUT2D eigenvalue weighted by atomic mass is 79.9. The minimum Gasteiger partial charge on any atom is -0.357 e. The second kappa shape index (κ2) is 14.0.